The molecule has 0 amide bonds. The molecule has 0 heterocycles. The summed E-state index contributed by atoms with van der Waals surface area (Å²) in [6, 6.07) is 17.3. The fourth-order valence-corrected chi connectivity index (χ4v) is 1.99. The van der Waals surface area contributed by atoms with Gasteiger partial charge in [0, 0.05) is 4.47 Å². The van der Waals surface area contributed by atoms with E-state index in [2.05, 4.69) is 40.2 Å². The highest BCUT2D eigenvalue weighted by atomic mass is 79.9. The van der Waals surface area contributed by atoms with Crippen LogP contribution in [-0.4, -0.2) is 7.11 Å². The van der Waals surface area contributed by atoms with Crippen molar-refractivity contribution in [1.82, 2.24) is 0 Å². The Morgan fingerprint density at radius 1 is 1.25 bits per heavy atom. The first-order valence-corrected chi connectivity index (χ1v) is 5.87. The van der Waals surface area contributed by atoms with Crippen LogP contribution in [0.15, 0.2) is 46.9 Å². The molecule has 0 spiro atoms. The first-order chi connectivity index (χ1) is 7.79. The number of hydrogen-bond donors (Lipinski definition) is 0. The lowest BCUT2D eigenvalue weighted by Gasteiger charge is -2.06. The average Bonchev–Trinajstić information content (AvgIpc) is 2.32. The predicted octanol–water partition coefficient (Wildman–Crippen LogP) is 3.85. The molecule has 2 aromatic rings. The highest BCUT2D eigenvalue weighted by Crippen LogP contribution is 2.21. The third-order valence-corrected chi connectivity index (χ3v) is 3.15. The monoisotopic (exact) mass is 275 g/mol. The lowest BCUT2D eigenvalue weighted by Crippen LogP contribution is -1.90. The van der Waals surface area contributed by atoms with E-state index in [9.17, 15) is 0 Å². The fraction of sp³-hybridized carbons (Fsp3) is 0.143. The van der Waals surface area contributed by atoms with Crippen molar-refractivity contribution < 1.29 is 4.74 Å². The van der Waals surface area contributed by atoms with E-state index in [4.69, 9.17) is 4.74 Å². The van der Waals surface area contributed by atoms with Gasteiger partial charge in [0.1, 0.15) is 5.75 Å². The van der Waals surface area contributed by atoms with Crippen molar-refractivity contribution >= 4 is 15.9 Å². The zero-order valence-electron chi connectivity index (χ0n) is 9.03. The SMILES string of the molecule is COc1cccc(Cc2ccc[c]c2Br)c1. The average molecular weight is 276 g/mol. The second kappa shape index (κ2) is 5.17. The van der Waals surface area contributed by atoms with Gasteiger partial charge in [0.05, 0.1) is 7.11 Å². The summed E-state index contributed by atoms with van der Waals surface area (Å²) < 4.78 is 6.23. The Morgan fingerprint density at radius 3 is 2.88 bits per heavy atom. The summed E-state index contributed by atoms with van der Waals surface area (Å²) in [4.78, 5) is 0. The molecule has 0 aromatic heterocycles. The molecule has 0 aliphatic heterocycles. The molecule has 1 radical (unpaired) electrons. The standard InChI is InChI=1S/C14H12BrO/c1-16-13-7-4-5-11(10-13)9-12-6-2-3-8-14(12)15/h2-7,10H,9H2,1H3. The number of benzene rings is 2. The van der Waals surface area contributed by atoms with E-state index in [0.717, 1.165) is 16.6 Å². The Morgan fingerprint density at radius 2 is 2.12 bits per heavy atom. The van der Waals surface area contributed by atoms with Crippen molar-refractivity contribution in [2.75, 3.05) is 7.11 Å². The van der Waals surface area contributed by atoms with Crippen LogP contribution in [0.5, 0.6) is 5.75 Å². The van der Waals surface area contributed by atoms with Crippen LogP contribution in [0.25, 0.3) is 0 Å². The molecule has 0 atom stereocenters. The van der Waals surface area contributed by atoms with E-state index >= 15 is 0 Å². The zero-order valence-corrected chi connectivity index (χ0v) is 10.6. The van der Waals surface area contributed by atoms with E-state index in [-0.39, 0.29) is 0 Å². The molecule has 81 valence electrons. The summed E-state index contributed by atoms with van der Waals surface area (Å²) in [5.41, 5.74) is 2.47. The largest absolute Gasteiger partial charge is 0.497 e. The van der Waals surface area contributed by atoms with Crippen LogP contribution in [0.2, 0.25) is 0 Å². The van der Waals surface area contributed by atoms with Gasteiger partial charge in [0.15, 0.2) is 0 Å². The van der Waals surface area contributed by atoms with Crippen LogP contribution in [0, 0.1) is 6.07 Å². The first kappa shape index (κ1) is 11.2. The van der Waals surface area contributed by atoms with Crippen LogP contribution in [0.3, 0.4) is 0 Å². The lowest BCUT2D eigenvalue weighted by molar-refractivity contribution is 0.414. The first-order valence-electron chi connectivity index (χ1n) is 5.07. The molecule has 0 saturated carbocycles. The molecular weight excluding hydrogens is 264 g/mol. The summed E-state index contributed by atoms with van der Waals surface area (Å²) >= 11 is 3.50. The molecule has 0 saturated heterocycles. The maximum atomic E-state index is 5.20. The highest BCUT2D eigenvalue weighted by molar-refractivity contribution is 9.10. The van der Waals surface area contributed by atoms with Gasteiger partial charge in [0.25, 0.3) is 0 Å². The summed E-state index contributed by atoms with van der Waals surface area (Å²) in [6.45, 7) is 0. The number of halogens is 1. The van der Waals surface area contributed by atoms with E-state index in [1.807, 2.05) is 24.3 Å². The predicted molar refractivity (Wildman–Crippen MR) is 68.8 cm³/mol. The minimum atomic E-state index is 0.884. The maximum absolute atomic E-state index is 5.20. The molecule has 16 heavy (non-hydrogen) atoms. The van der Waals surface area contributed by atoms with E-state index in [0.29, 0.717) is 0 Å². The van der Waals surface area contributed by atoms with Gasteiger partial charge in [-0.1, -0.05) is 30.3 Å². The maximum Gasteiger partial charge on any atom is 0.119 e. The Balaban J connectivity index is 2.24. The Labute approximate surface area is 104 Å². The highest BCUT2D eigenvalue weighted by Gasteiger charge is 2.01. The van der Waals surface area contributed by atoms with Gasteiger partial charge in [0.2, 0.25) is 0 Å². The minimum absolute atomic E-state index is 0.884. The smallest absolute Gasteiger partial charge is 0.119 e. The number of rotatable bonds is 3. The molecule has 0 N–H and O–H groups in total. The summed E-state index contributed by atoms with van der Waals surface area (Å²) in [6.07, 6.45) is 0.884. The molecule has 1 nitrogen and oxygen atoms in total. The third-order valence-electron chi connectivity index (χ3n) is 2.41. The minimum Gasteiger partial charge on any atom is -0.497 e. The molecule has 0 fully saturated rings. The fourth-order valence-electron chi connectivity index (χ4n) is 1.59. The van der Waals surface area contributed by atoms with Crippen LogP contribution in [0.4, 0.5) is 0 Å². The van der Waals surface area contributed by atoms with Crippen LogP contribution in [0.1, 0.15) is 11.1 Å². The Kier molecular flexibility index (Phi) is 3.62. The van der Waals surface area contributed by atoms with E-state index in [1.165, 1.54) is 11.1 Å². The van der Waals surface area contributed by atoms with Crippen molar-refractivity contribution in [3.8, 4) is 5.75 Å². The molecular formula is C14H12BrO. The van der Waals surface area contributed by atoms with Gasteiger partial charge in [-0.25, -0.2) is 0 Å². The topological polar surface area (TPSA) is 9.23 Å². The van der Waals surface area contributed by atoms with Gasteiger partial charge in [-0.2, -0.15) is 0 Å². The third kappa shape index (κ3) is 2.64. The van der Waals surface area contributed by atoms with Crippen molar-refractivity contribution in [2.24, 2.45) is 0 Å². The van der Waals surface area contributed by atoms with Gasteiger partial charge >= 0.3 is 0 Å². The number of ether oxygens (including phenoxy) is 1. The van der Waals surface area contributed by atoms with Crippen molar-refractivity contribution in [3.05, 3.63) is 64.1 Å². The summed E-state index contributed by atoms with van der Waals surface area (Å²) in [7, 11) is 1.69. The van der Waals surface area contributed by atoms with Gasteiger partial charge in [-0.3, -0.25) is 0 Å². The zero-order chi connectivity index (χ0) is 11.4. The van der Waals surface area contributed by atoms with Gasteiger partial charge in [-0.15, -0.1) is 0 Å². The van der Waals surface area contributed by atoms with Gasteiger partial charge in [-0.05, 0) is 51.7 Å². The van der Waals surface area contributed by atoms with Crippen molar-refractivity contribution in [2.45, 2.75) is 6.42 Å². The second-order valence-corrected chi connectivity index (χ2v) is 4.33. The lowest BCUT2D eigenvalue weighted by atomic mass is 10.1. The molecule has 2 aromatic carbocycles. The molecule has 2 rings (SSSR count). The molecule has 0 aliphatic rings. The Bertz CT molecular complexity index is 480. The quantitative estimate of drug-likeness (QED) is 0.827. The van der Waals surface area contributed by atoms with Crippen molar-refractivity contribution in [3.63, 3.8) is 0 Å². The summed E-state index contributed by atoms with van der Waals surface area (Å²) in [5.74, 6) is 0.897. The molecule has 0 bridgehead atoms. The normalized spacial score (nSPS) is 10.1. The molecule has 0 aliphatic carbocycles. The molecule has 2 heteroatoms. The van der Waals surface area contributed by atoms with Gasteiger partial charge < -0.3 is 4.74 Å². The second-order valence-electron chi connectivity index (χ2n) is 3.54. The van der Waals surface area contributed by atoms with Crippen LogP contribution >= 0.6 is 15.9 Å². The van der Waals surface area contributed by atoms with Crippen molar-refractivity contribution in [1.29, 1.82) is 0 Å². The molecule has 0 unspecified atom stereocenters. The van der Waals surface area contributed by atoms with E-state index in [1.54, 1.807) is 7.11 Å². The van der Waals surface area contributed by atoms with Crippen LogP contribution in [-0.2, 0) is 6.42 Å². The Hall–Kier alpha value is -1.28. The summed E-state index contributed by atoms with van der Waals surface area (Å²) in [5, 5.41) is 0. The number of methoxy groups -OCH3 is 1. The van der Waals surface area contributed by atoms with Crippen LogP contribution < -0.4 is 4.74 Å². The number of hydrogen-bond acceptors (Lipinski definition) is 1. The van der Waals surface area contributed by atoms with E-state index < -0.39 is 0 Å².